The van der Waals surface area contributed by atoms with Gasteiger partial charge in [-0.3, -0.25) is 0 Å². The molecule has 0 bridgehead atoms. The van der Waals surface area contributed by atoms with E-state index >= 15 is 0 Å². The molecule has 26 heavy (non-hydrogen) atoms. The molecule has 1 unspecified atom stereocenters. The fourth-order valence-corrected chi connectivity index (χ4v) is 3.93. The van der Waals surface area contributed by atoms with E-state index in [1.165, 1.54) is 12.2 Å². The Balaban J connectivity index is 2.51. The van der Waals surface area contributed by atoms with Gasteiger partial charge in [0.25, 0.3) is 0 Å². The number of carbonyl (C=O) groups is 1. The van der Waals surface area contributed by atoms with Crippen LogP contribution in [0.15, 0.2) is 46.1 Å². The molecule has 0 saturated carbocycles. The third-order valence-electron chi connectivity index (χ3n) is 3.34. The third kappa shape index (κ3) is 4.55. The summed E-state index contributed by atoms with van der Waals surface area (Å²) in [6.07, 6.45) is -3.04. The molecule has 0 spiro atoms. The number of allylic oxidation sites excluding steroid dienone is 4. The van der Waals surface area contributed by atoms with E-state index in [9.17, 15) is 26.4 Å². The predicted octanol–water partition coefficient (Wildman–Crippen LogP) is 2.77. The van der Waals surface area contributed by atoms with Gasteiger partial charge in [-0.2, -0.15) is 13.2 Å². The zero-order valence-electron chi connectivity index (χ0n) is 14.2. The minimum atomic E-state index is -4.92. The van der Waals surface area contributed by atoms with Crippen LogP contribution in [0.5, 0.6) is 0 Å². The zero-order chi connectivity index (χ0) is 19.9. The maximum absolute atomic E-state index is 13.1. The van der Waals surface area contributed by atoms with Crippen molar-refractivity contribution in [2.45, 2.75) is 45.0 Å². The lowest BCUT2D eigenvalue weighted by molar-refractivity contribution is -0.200. The van der Waals surface area contributed by atoms with Gasteiger partial charge in [0.15, 0.2) is 0 Å². The Bertz CT molecular complexity index is 842. The quantitative estimate of drug-likeness (QED) is 0.769. The second kappa shape index (κ2) is 6.58. The summed E-state index contributed by atoms with van der Waals surface area (Å²) in [5.41, 5.74) is -1.83. The van der Waals surface area contributed by atoms with E-state index in [-0.39, 0.29) is 22.7 Å². The van der Waals surface area contributed by atoms with Crippen molar-refractivity contribution in [2.75, 3.05) is 0 Å². The van der Waals surface area contributed by atoms with Crippen LogP contribution in [0.4, 0.5) is 13.2 Å². The van der Waals surface area contributed by atoms with Gasteiger partial charge in [0, 0.05) is 11.1 Å². The van der Waals surface area contributed by atoms with Gasteiger partial charge in [-0.25, -0.2) is 17.9 Å². The number of fused-ring (bicyclic) bond motifs is 1. The Morgan fingerprint density at radius 3 is 2.35 bits per heavy atom. The molecule has 0 saturated heterocycles. The van der Waals surface area contributed by atoms with Gasteiger partial charge in [-0.05, 0) is 45.4 Å². The van der Waals surface area contributed by atoms with Gasteiger partial charge in [0.2, 0.25) is 16.1 Å². The molecule has 0 aromatic heterocycles. The topological polar surface area (TPSA) is 92.7 Å². The zero-order valence-corrected chi connectivity index (χ0v) is 15.0. The summed E-state index contributed by atoms with van der Waals surface area (Å²) in [6, 6.07) is 0. The third-order valence-corrected chi connectivity index (χ3v) is 5.12. The molecule has 0 fully saturated rings. The van der Waals surface area contributed by atoms with Crippen LogP contribution in [0.3, 0.4) is 0 Å². The highest BCUT2D eigenvalue weighted by atomic mass is 32.2. The molecule has 144 valence electrons. The Labute approximate surface area is 148 Å². The summed E-state index contributed by atoms with van der Waals surface area (Å²) in [5.74, 6) is -2.01. The van der Waals surface area contributed by atoms with E-state index in [4.69, 9.17) is 9.84 Å². The number of alkyl halides is 3. The molecule has 0 aromatic rings. The lowest BCUT2D eigenvalue weighted by Gasteiger charge is -2.28. The van der Waals surface area contributed by atoms with Crippen LogP contribution in [-0.2, 0) is 19.6 Å². The van der Waals surface area contributed by atoms with Gasteiger partial charge < -0.3 is 9.84 Å². The fraction of sp³-hybridized carbons (Fsp3) is 0.438. The van der Waals surface area contributed by atoms with E-state index < -0.39 is 39.4 Å². The first-order chi connectivity index (χ1) is 11.7. The average molecular weight is 393 g/mol. The number of hydrogen-bond donors (Lipinski definition) is 2. The fourth-order valence-electron chi connectivity index (χ4n) is 2.41. The molecular weight excluding hydrogens is 375 g/mol. The highest BCUT2D eigenvalue weighted by Gasteiger charge is 2.49. The van der Waals surface area contributed by atoms with Gasteiger partial charge >= 0.3 is 12.1 Å². The number of aliphatic carboxylic acids is 1. The normalized spacial score (nSPS) is 21.4. The Hall–Kier alpha value is -2.07. The van der Waals surface area contributed by atoms with E-state index in [0.29, 0.717) is 0 Å². The number of hydrogen-bond acceptors (Lipinski definition) is 4. The molecule has 1 atom stereocenters. The van der Waals surface area contributed by atoms with Crippen LogP contribution in [-0.4, -0.2) is 37.3 Å². The summed E-state index contributed by atoms with van der Waals surface area (Å²) in [4.78, 5) is 11.0. The predicted molar refractivity (Wildman–Crippen MR) is 87.3 cm³/mol. The number of carboxylic acids is 1. The molecule has 0 aromatic carbocycles. The van der Waals surface area contributed by atoms with Crippen LogP contribution in [0.1, 0.15) is 27.2 Å². The van der Waals surface area contributed by atoms with Crippen LogP contribution in [0.2, 0.25) is 0 Å². The van der Waals surface area contributed by atoms with Crippen molar-refractivity contribution in [1.29, 1.82) is 0 Å². The van der Waals surface area contributed by atoms with Crippen molar-refractivity contribution in [3.63, 3.8) is 0 Å². The average Bonchev–Trinajstić information content (AvgIpc) is 2.64. The largest absolute Gasteiger partial charge is 0.478 e. The van der Waals surface area contributed by atoms with E-state index in [0.717, 1.165) is 12.2 Å². The summed E-state index contributed by atoms with van der Waals surface area (Å²) < 4.78 is 71.4. The lowest BCUT2D eigenvalue weighted by atomic mass is 10.0. The van der Waals surface area contributed by atoms with Crippen LogP contribution in [0, 0.1) is 0 Å². The number of ether oxygens (including phenoxy) is 1. The summed E-state index contributed by atoms with van der Waals surface area (Å²) in [6.45, 7) is 4.91. The molecule has 0 amide bonds. The van der Waals surface area contributed by atoms with Crippen molar-refractivity contribution < 1.29 is 36.2 Å². The van der Waals surface area contributed by atoms with Gasteiger partial charge in [0.1, 0.15) is 5.76 Å². The summed E-state index contributed by atoms with van der Waals surface area (Å²) >= 11 is 0. The first kappa shape index (κ1) is 20.2. The van der Waals surface area contributed by atoms with E-state index in [1.807, 2.05) is 0 Å². The first-order valence-electron chi connectivity index (χ1n) is 7.55. The monoisotopic (exact) mass is 393 g/mol. The van der Waals surface area contributed by atoms with Gasteiger partial charge in [-0.1, -0.05) is 6.08 Å². The van der Waals surface area contributed by atoms with Crippen LogP contribution in [0.25, 0.3) is 0 Å². The summed E-state index contributed by atoms with van der Waals surface area (Å²) in [5, 5.41) is 9.07. The Morgan fingerprint density at radius 1 is 1.23 bits per heavy atom. The molecule has 1 heterocycles. The first-order valence-corrected chi connectivity index (χ1v) is 9.04. The number of carboxylic acid groups (broad SMARTS) is 1. The van der Waals surface area contributed by atoms with Gasteiger partial charge in [0.05, 0.1) is 10.5 Å². The maximum atomic E-state index is 13.1. The molecule has 1 aliphatic carbocycles. The molecular formula is C16H18F3NO5S. The number of nitrogens with one attached hydrogen (secondary N) is 1. The molecule has 2 N–H and O–H groups in total. The molecule has 1 aliphatic heterocycles. The van der Waals surface area contributed by atoms with Gasteiger partial charge in [-0.15, -0.1) is 0 Å². The minimum Gasteiger partial charge on any atom is -0.478 e. The molecule has 10 heteroatoms. The number of sulfonamides is 1. The minimum absolute atomic E-state index is 0.0105. The van der Waals surface area contributed by atoms with E-state index in [1.54, 1.807) is 20.8 Å². The molecule has 0 radical (unpaired) electrons. The Morgan fingerprint density at radius 2 is 1.85 bits per heavy atom. The summed E-state index contributed by atoms with van der Waals surface area (Å²) in [7, 11) is -3.95. The van der Waals surface area contributed by atoms with Crippen molar-refractivity contribution in [2.24, 2.45) is 0 Å². The second-order valence-corrected chi connectivity index (χ2v) is 8.49. The maximum Gasteiger partial charge on any atom is 0.430 e. The second-order valence-electron chi connectivity index (χ2n) is 6.81. The van der Waals surface area contributed by atoms with Crippen molar-refractivity contribution in [1.82, 2.24) is 4.72 Å². The number of rotatable bonds is 3. The van der Waals surface area contributed by atoms with Crippen molar-refractivity contribution >= 4 is 16.0 Å². The van der Waals surface area contributed by atoms with Crippen molar-refractivity contribution in [3.05, 3.63) is 46.1 Å². The molecule has 2 rings (SSSR count). The standard InChI is InChI=1S/C16H18F3NO5S/c1-15(2,3)20-26(23,24)10-5-4-6-12-9(7-10)8-11(14(21)22)13(25-12)16(17,18)19/h5-8,13,20H,4H2,1-3H3,(H,21,22). The van der Waals surface area contributed by atoms with Crippen LogP contribution < -0.4 is 4.72 Å². The SMILES string of the molecule is CC(C)(C)NS(=O)(=O)C1=CCC=C2OC(C(F)(F)F)C(C(=O)O)=CC2=C1. The van der Waals surface area contributed by atoms with Crippen molar-refractivity contribution in [3.8, 4) is 0 Å². The number of halogens is 3. The van der Waals surface area contributed by atoms with Crippen LogP contribution >= 0.6 is 0 Å². The smallest absolute Gasteiger partial charge is 0.430 e. The highest BCUT2D eigenvalue weighted by Crippen LogP contribution is 2.38. The lowest BCUT2D eigenvalue weighted by Crippen LogP contribution is -2.41. The molecule has 6 nitrogen and oxygen atoms in total. The molecule has 2 aliphatic rings. The Kier molecular flexibility index (Phi) is 5.13. The van der Waals surface area contributed by atoms with E-state index in [2.05, 4.69) is 4.72 Å². The highest BCUT2D eigenvalue weighted by molar-refractivity contribution is 7.93.